The Morgan fingerprint density at radius 1 is 0.889 bits per heavy atom. The smallest absolute Gasteiger partial charge is 0.321 e. The van der Waals surface area contributed by atoms with E-state index < -0.39 is 0 Å². The van der Waals surface area contributed by atoms with Crippen molar-refractivity contribution in [2.45, 2.75) is 41.0 Å². The van der Waals surface area contributed by atoms with Crippen LogP contribution in [-0.2, 0) is 4.79 Å². The number of aryl methyl sites for hydroxylation is 1. The molecule has 3 rings (SSSR count). The van der Waals surface area contributed by atoms with Crippen LogP contribution in [0.2, 0.25) is 0 Å². The van der Waals surface area contributed by atoms with E-state index in [4.69, 9.17) is 0 Å². The molecular formula is C28H39N5O3. The number of carbonyl (C=O) groups is 3. The van der Waals surface area contributed by atoms with Crippen LogP contribution in [0.5, 0.6) is 0 Å². The van der Waals surface area contributed by atoms with Gasteiger partial charge in [0.25, 0.3) is 5.91 Å². The van der Waals surface area contributed by atoms with Gasteiger partial charge in [0.15, 0.2) is 0 Å². The largest absolute Gasteiger partial charge is 0.369 e. The Kier molecular flexibility index (Phi) is 9.33. The van der Waals surface area contributed by atoms with Crippen molar-refractivity contribution in [3.8, 4) is 0 Å². The summed E-state index contributed by atoms with van der Waals surface area (Å²) in [4.78, 5) is 44.4. The van der Waals surface area contributed by atoms with Crippen molar-refractivity contribution in [3.63, 3.8) is 0 Å². The number of rotatable bonds is 7. The number of benzene rings is 2. The molecule has 1 fully saturated rings. The van der Waals surface area contributed by atoms with Gasteiger partial charge in [-0.1, -0.05) is 31.5 Å². The standard InChI is InChI=1S/C28H39N5O3/c1-6-31(7-2)27(35)24-19-23(29-26(34)20(3)4)13-14-25(24)32-15-8-16-33(18-17-32)28(36)30-22-11-9-21(5)10-12-22/h9-14,19-20H,6-8,15-18H2,1-5H3,(H,29,34)(H,30,36). The first-order valence-electron chi connectivity index (χ1n) is 12.8. The average Bonchev–Trinajstić information content (AvgIpc) is 3.12. The monoisotopic (exact) mass is 493 g/mol. The zero-order valence-corrected chi connectivity index (χ0v) is 22.1. The van der Waals surface area contributed by atoms with Crippen LogP contribution in [0.25, 0.3) is 0 Å². The molecule has 0 bridgehead atoms. The molecule has 36 heavy (non-hydrogen) atoms. The van der Waals surface area contributed by atoms with Gasteiger partial charge < -0.3 is 25.3 Å². The molecule has 2 aromatic rings. The zero-order valence-electron chi connectivity index (χ0n) is 22.1. The van der Waals surface area contributed by atoms with Crippen LogP contribution in [0.15, 0.2) is 42.5 Å². The van der Waals surface area contributed by atoms with Crippen LogP contribution in [0.4, 0.5) is 21.9 Å². The van der Waals surface area contributed by atoms with Crippen molar-refractivity contribution in [1.82, 2.24) is 9.80 Å². The first kappa shape index (κ1) is 27.0. The van der Waals surface area contributed by atoms with E-state index in [-0.39, 0.29) is 23.8 Å². The quantitative estimate of drug-likeness (QED) is 0.579. The highest BCUT2D eigenvalue weighted by Gasteiger charge is 2.25. The Morgan fingerprint density at radius 2 is 1.56 bits per heavy atom. The van der Waals surface area contributed by atoms with Crippen molar-refractivity contribution in [2.75, 3.05) is 54.8 Å². The lowest BCUT2D eigenvalue weighted by Crippen LogP contribution is -2.38. The number of hydrogen-bond acceptors (Lipinski definition) is 4. The van der Waals surface area contributed by atoms with E-state index >= 15 is 0 Å². The number of anilines is 3. The van der Waals surface area contributed by atoms with Crippen LogP contribution in [0, 0.1) is 12.8 Å². The molecule has 194 valence electrons. The molecule has 1 saturated heterocycles. The van der Waals surface area contributed by atoms with Crippen molar-refractivity contribution in [2.24, 2.45) is 5.92 Å². The summed E-state index contributed by atoms with van der Waals surface area (Å²) in [5, 5.41) is 5.90. The predicted molar refractivity (Wildman–Crippen MR) is 146 cm³/mol. The fraction of sp³-hybridized carbons (Fsp3) is 0.464. The maximum absolute atomic E-state index is 13.4. The van der Waals surface area contributed by atoms with Gasteiger partial charge in [0.1, 0.15) is 0 Å². The second-order valence-electron chi connectivity index (χ2n) is 9.48. The maximum Gasteiger partial charge on any atom is 0.321 e. The first-order valence-corrected chi connectivity index (χ1v) is 12.8. The number of nitrogens with zero attached hydrogens (tertiary/aromatic N) is 3. The topological polar surface area (TPSA) is 85.0 Å². The Labute approximate surface area is 214 Å². The molecule has 0 aromatic heterocycles. The molecule has 8 nitrogen and oxygen atoms in total. The van der Waals surface area contributed by atoms with E-state index in [9.17, 15) is 14.4 Å². The third-order valence-electron chi connectivity index (χ3n) is 6.50. The molecule has 0 aliphatic carbocycles. The van der Waals surface area contributed by atoms with Crippen LogP contribution in [-0.4, -0.2) is 66.9 Å². The molecule has 0 unspecified atom stereocenters. The minimum absolute atomic E-state index is 0.0612. The zero-order chi connectivity index (χ0) is 26.2. The first-order chi connectivity index (χ1) is 17.2. The second kappa shape index (κ2) is 12.4. The van der Waals surface area contributed by atoms with Gasteiger partial charge in [0, 0.05) is 62.2 Å². The molecule has 1 heterocycles. The molecule has 2 aromatic carbocycles. The highest BCUT2D eigenvalue weighted by molar-refractivity contribution is 6.02. The van der Waals surface area contributed by atoms with E-state index in [2.05, 4.69) is 15.5 Å². The summed E-state index contributed by atoms with van der Waals surface area (Å²) in [5.74, 6) is -0.308. The van der Waals surface area contributed by atoms with Gasteiger partial charge in [0.05, 0.1) is 5.56 Å². The maximum atomic E-state index is 13.4. The molecule has 2 N–H and O–H groups in total. The normalized spacial score (nSPS) is 13.8. The Hall–Kier alpha value is -3.55. The van der Waals surface area contributed by atoms with E-state index in [1.54, 1.807) is 11.0 Å². The van der Waals surface area contributed by atoms with Crippen molar-refractivity contribution < 1.29 is 14.4 Å². The lowest BCUT2D eigenvalue weighted by molar-refractivity contribution is -0.118. The fourth-order valence-corrected chi connectivity index (χ4v) is 4.23. The predicted octanol–water partition coefficient (Wildman–Crippen LogP) is 4.82. The molecule has 1 aliphatic heterocycles. The summed E-state index contributed by atoms with van der Waals surface area (Å²) in [5.41, 5.74) is 3.93. The molecule has 8 heteroatoms. The molecule has 0 saturated carbocycles. The molecule has 1 aliphatic rings. The highest BCUT2D eigenvalue weighted by atomic mass is 16.2. The molecule has 0 spiro atoms. The van der Waals surface area contributed by atoms with Gasteiger partial charge in [-0.3, -0.25) is 9.59 Å². The van der Waals surface area contributed by atoms with E-state index in [0.29, 0.717) is 44.0 Å². The third-order valence-corrected chi connectivity index (χ3v) is 6.50. The Balaban J connectivity index is 1.79. The van der Waals surface area contributed by atoms with Crippen LogP contribution in [0.1, 0.15) is 50.0 Å². The molecule has 0 radical (unpaired) electrons. The van der Waals surface area contributed by atoms with Gasteiger partial charge in [-0.15, -0.1) is 0 Å². The highest BCUT2D eigenvalue weighted by Crippen LogP contribution is 2.27. The van der Waals surface area contributed by atoms with E-state index in [0.717, 1.165) is 29.9 Å². The van der Waals surface area contributed by atoms with Gasteiger partial charge in [-0.25, -0.2) is 4.79 Å². The van der Waals surface area contributed by atoms with Gasteiger partial charge in [-0.2, -0.15) is 0 Å². The lowest BCUT2D eigenvalue weighted by Gasteiger charge is -2.28. The number of hydrogen-bond donors (Lipinski definition) is 2. The minimum atomic E-state index is -0.158. The fourth-order valence-electron chi connectivity index (χ4n) is 4.23. The number of carbonyl (C=O) groups excluding carboxylic acids is 3. The summed E-state index contributed by atoms with van der Waals surface area (Å²) in [6, 6.07) is 13.2. The molecule has 0 atom stereocenters. The summed E-state index contributed by atoms with van der Waals surface area (Å²) in [7, 11) is 0. The van der Waals surface area contributed by atoms with E-state index in [1.165, 1.54) is 0 Å². The number of nitrogens with one attached hydrogen (secondary N) is 2. The third kappa shape index (κ3) is 6.77. The summed E-state index contributed by atoms with van der Waals surface area (Å²) >= 11 is 0. The second-order valence-corrected chi connectivity index (χ2v) is 9.48. The van der Waals surface area contributed by atoms with Crippen molar-refractivity contribution in [3.05, 3.63) is 53.6 Å². The Bertz CT molecular complexity index is 1060. The van der Waals surface area contributed by atoms with Gasteiger partial charge in [0.2, 0.25) is 5.91 Å². The number of urea groups is 1. The minimum Gasteiger partial charge on any atom is -0.369 e. The van der Waals surface area contributed by atoms with Crippen LogP contribution >= 0.6 is 0 Å². The molecular weight excluding hydrogens is 454 g/mol. The summed E-state index contributed by atoms with van der Waals surface area (Å²) < 4.78 is 0. The van der Waals surface area contributed by atoms with Crippen molar-refractivity contribution in [1.29, 1.82) is 0 Å². The van der Waals surface area contributed by atoms with E-state index in [1.807, 2.05) is 75.9 Å². The number of amides is 4. The van der Waals surface area contributed by atoms with Gasteiger partial charge in [-0.05, 0) is 57.5 Å². The van der Waals surface area contributed by atoms with Crippen LogP contribution in [0.3, 0.4) is 0 Å². The van der Waals surface area contributed by atoms with Crippen LogP contribution < -0.4 is 15.5 Å². The van der Waals surface area contributed by atoms with Crippen molar-refractivity contribution >= 4 is 34.9 Å². The average molecular weight is 494 g/mol. The summed E-state index contributed by atoms with van der Waals surface area (Å²) in [6.45, 7) is 13.3. The summed E-state index contributed by atoms with van der Waals surface area (Å²) in [6.07, 6.45) is 0.784. The Morgan fingerprint density at radius 3 is 2.19 bits per heavy atom. The lowest BCUT2D eigenvalue weighted by atomic mass is 10.1. The molecule has 4 amide bonds. The SMILES string of the molecule is CCN(CC)C(=O)c1cc(NC(=O)C(C)C)ccc1N1CCCN(C(=O)Nc2ccc(C)cc2)CC1. The van der Waals surface area contributed by atoms with Gasteiger partial charge >= 0.3 is 6.03 Å².